The topological polar surface area (TPSA) is 81.8 Å². The lowest BCUT2D eigenvalue weighted by atomic mass is 10.1. The van der Waals surface area contributed by atoms with Gasteiger partial charge in [-0.3, -0.25) is 15.1 Å². The van der Waals surface area contributed by atoms with Crippen LogP contribution >= 0.6 is 0 Å². The van der Waals surface area contributed by atoms with Crippen molar-refractivity contribution in [3.63, 3.8) is 0 Å². The predicted octanol–water partition coefficient (Wildman–Crippen LogP) is 3.44. The van der Waals surface area contributed by atoms with Crippen LogP contribution in [0.4, 0.5) is 11.4 Å². The molecule has 0 unspecified atom stereocenters. The molecular weight excluding hydrogens is 284 g/mol. The zero-order chi connectivity index (χ0) is 16.1. The van der Waals surface area contributed by atoms with Gasteiger partial charge in [-0.15, -0.1) is 0 Å². The number of methoxy groups -OCH3 is 1. The van der Waals surface area contributed by atoms with Crippen LogP contribution in [0.25, 0.3) is 0 Å². The summed E-state index contributed by atoms with van der Waals surface area (Å²) in [6, 6.07) is 11.5. The van der Waals surface area contributed by atoms with E-state index in [0.717, 1.165) is 5.56 Å². The molecule has 2 aromatic carbocycles. The first-order valence-electron chi connectivity index (χ1n) is 6.49. The summed E-state index contributed by atoms with van der Waals surface area (Å²) < 4.78 is 4.62. The fourth-order valence-electron chi connectivity index (χ4n) is 1.85. The number of nitro groups is 1. The third-order valence-corrected chi connectivity index (χ3v) is 3.08. The van der Waals surface area contributed by atoms with Gasteiger partial charge in [-0.2, -0.15) is 0 Å². The molecule has 2 aromatic rings. The van der Waals surface area contributed by atoms with Crippen molar-refractivity contribution < 1.29 is 14.5 Å². The molecule has 2 rings (SSSR count). The highest BCUT2D eigenvalue weighted by Crippen LogP contribution is 2.24. The average molecular weight is 298 g/mol. The minimum atomic E-state index is -0.431. The largest absolute Gasteiger partial charge is 0.465 e. The maximum atomic E-state index is 11.3. The zero-order valence-corrected chi connectivity index (χ0v) is 12.1. The van der Waals surface area contributed by atoms with Gasteiger partial charge in [-0.25, -0.2) is 4.79 Å². The molecule has 0 aromatic heterocycles. The van der Waals surface area contributed by atoms with Crippen LogP contribution in [0.5, 0.6) is 0 Å². The Morgan fingerprint density at radius 3 is 2.50 bits per heavy atom. The number of hydrogen-bond donors (Lipinski definition) is 0. The lowest BCUT2D eigenvalue weighted by Gasteiger charge is -2.00. The van der Waals surface area contributed by atoms with E-state index in [9.17, 15) is 14.9 Å². The van der Waals surface area contributed by atoms with Crippen molar-refractivity contribution in [2.24, 2.45) is 4.99 Å². The second-order valence-electron chi connectivity index (χ2n) is 4.60. The monoisotopic (exact) mass is 298 g/mol. The SMILES string of the molecule is COC(=O)c1ccc(C=Nc2ccc(C)c([N+](=O)[O-])c2)cc1. The average Bonchev–Trinajstić information content (AvgIpc) is 2.53. The second-order valence-corrected chi connectivity index (χ2v) is 4.60. The van der Waals surface area contributed by atoms with Crippen molar-refractivity contribution in [3.05, 3.63) is 69.3 Å². The Labute approximate surface area is 127 Å². The third kappa shape index (κ3) is 3.54. The Hall–Kier alpha value is -3.02. The molecule has 0 radical (unpaired) electrons. The summed E-state index contributed by atoms with van der Waals surface area (Å²) in [5.74, 6) is -0.405. The molecule has 22 heavy (non-hydrogen) atoms. The summed E-state index contributed by atoms with van der Waals surface area (Å²) in [5, 5.41) is 10.9. The third-order valence-electron chi connectivity index (χ3n) is 3.08. The van der Waals surface area contributed by atoms with Crippen LogP contribution in [0, 0.1) is 17.0 Å². The van der Waals surface area contributed by atoms with Crippen molar-refractivity contribution in [1.82, 2.24) is 0 Å². The van der Waals surface area contributed by atoms with E-state index in [1.165, 1.54) is 13.2 Å². The summed E-state index contributed by atoms with van der Waals surface area (Å²) in [6.45, 7) is 1.68. The van der Waals surface area contributed by atoms with E-state index in [1.54, 1.807) is 49.5 Å². The Kier molecular flexibility index (Phi) is 4.63. The predicted molar refractivity (Wildman–Crippen MR) is 82.9 cm³/mol. The number of carbonyl (C=O) groups is 1. The number of hydrogen-bond acceptors (Lipinski definition) is 5. The van der Waals surface area contributed by atoms with Crippen LogP contribution in [0.2, 0.25) is 0 Å². The normalized spacial score (nSPS) is 10.6. The lowest BCUT2D eigenvalue weighted by Crippen LogP contribution is -2.00. The maximum Gasteiger partial charge on any atom is 0.337 e. The van der Waals surface area contributed by atoms with E-state index >= 15 is 0 Å². The number of carbonyl (C=O) groups excluding carboxylic acids is 1. The van der Waals surface area contributed by atoms with Crippen LogP contribution in [0.1, 0.15) is 21.5 Å². The minimum absolute atomic E-state index is 0.0377. The highest BCUT2D eigenvalue weighted by molar-refractivity contribution is 5.91. The first-order valence-corrected chi connectivity index (χ1v) is 6.49. The first-order chi connectivity index (χ1) is 10.5. The molecule has 0 N–H and O–H groups in total. The second kappa shape index (κ2) is 6.62. The fourth-order valence-corrected chi connectivity index (χ4v) is 1.85. The molecule has 0 bridgehead atoms. The van der Waals surface area contributed by atoms with E-state index in [-0.39, 0.29) is 5.69 Å². The Morgan fingerprint density at radius 1 is 1.23 bits per heavy atom. The van der Waals surface area contributed by atoms with E-state index in [4.69, 9.17) is 0 Å². The van der Waals surface area contributed by atoms with Crippen LogP contribution in [0.3, 0.4) is 0 Å². The molecule has 6 nitrogen and oxygen atoms in total. The number of ether oxygens (including phenoxy) is 1. The smallest absolute Gasteiger partial charge is 0.337 e. The molecule has 0 saturated carbocycles. The Morgan fingerprint density at radius 2 is 1.91 bits per heavy atom. The van der Waals surface area contributed by atoms with Gasteiger partial charge in [0, 0.05) is 17.8 Å². The summed E-state index contributed by atoms with van der Waals surface area (Å²) in [6.07, 6.45) is 1.58. The van der Waals surface area contributed by atoms with Gasteiger partial charge in [0.15, 0.2) is 0 Å². The quantitative estimate of drug-likeness (QED) is 0.375. The highest BCUT2D eigenvalue weighted by atomic mass is 16.6. The van der Waals surface area contributed by atoms with Crippen LogP contribution in [0.15, 0.2) is 47.5 Å². The van der Waals surface area contributed by atoms with E-state index in [0.29, 0.717) is 16.8 Å². The number of esters is 1. The van der Waals surface area contributed by atoms with Crippen molar-refractivity contribution >= 4 is 23.6 Å². The number of rotatable bonds is 4. The van der Waals surface area contributed by atoms with Crippen LogP contribution in [-0.2, 0) is 4.74 Å². The van der Waals surface area contributed by atoms with Gasteiger partial charge in [-0.1, -0.05) is 18.2 Å². The molecular formula is C16H14N2O4. The number of nitro benzene ring substituents is 1. The van der Waals surface area contributed by atoms with Gasteiger partial charge in [0.1, 0.15) is 0 Å². The van der Waals surface area contributed by atoms with Gasteiger partial charge in [0.25, 0.3) is 5.69 Å². The van der Waals surface area contributed by atoms with E-state index in [1.807, 2.05) is 0 Å². The Bertz CT molecular complexity index is 736. The molecule has 0 aliphatic carbocycles. The van der Waals surface area contributed by atoms with E-state index in [2.05, 4.69) is 9.73 Å². The van der Waals surface area contributed by atoms with Gasteiger partial charge >= 0.3 is 5.97 Å². The van der Waals surface area contributed by atoms with Crippen LogP contribution in [-0.4, -0.2) is 24.2 Å². The number of nitrogens with zero attached hydrogens (tertiary/aromatic N) is 2. The minimum Gasteiger partial charge on any atom is -0.465 e. The zero-order valence-electron chi connectivity index (χ0n) is 12.1. The molecule has 0 amide bonds. The molecule has 0 fully saturated rings. The fraction of sp³-hybridized carbons (Fsp3) is 0.125. The molecule has 0 heterocycles. The summed E-state index contributed by atoms with van der Waals surface area (Å²) in [4.78, 5) is 26.0. The molecule has 0 aliphatic heterocycles. The van der Waals surface area contributed by atoms with Crippen molar-refractivity contribution in [3.8, 4) is 0 Å². The maximum absolute atomic E-state index is 11.3. The molecule has 0 saturated heterocycles. The van der Waals surface area contributed by atoms with Crippen molar-refractivity contribution in [2.45, 2.75) is 6.92 Å². The highest BCUT2D eigenvalue weighted by Gasteiger charge is 2.10. The molecule has 0 spiro atoms. The number of aliphatic imine (C=N–C) groups is 1. The van der Waals surface area contributed by atoms with E-state index < -0.39 is 10.9 Å². The summed E-state index contributed by atoms with van der Waals surface area (Å²) >= 11 is 0. The Balaban J connectivity index is 2.20. The van der Waals surface area contributed by atoms with Gasteiger partial charge in [0.05, 0.1) is 23.3 Å². The molecule has 0 aliphatic rings. The van der Waals surface area contributed by atoms with Gasteiger partial charge in [-0.05, 0) is 30.7 Å². The standard InChI is InChI=1S/C16H14N2O4/c1-11-3-8-14(9-15(11)18(20)21)17-10-12-4-6-13(7-5-12)16(19)22-2/h3-10H,1-2H3. The molecule has 0 atom stereocenters. The number of benzene rings is 2. The first kappa shape index (κ1) is 15.4. The van der Waals surface area contributed by atoms with Crippen LogP contribution < -0.4 is 0 Å². The molecule has 112 valence electrons. The van der Waals surface area contributed by atoms with Gasteiger partial charge in [0.2, 0.25) is 0 Å². The summed E-state index contributed by atoms with van der Waals surface area (Å²) in [7, 11) is 1.32. The molecule has 6 heteroatoms. The van der Waals surface area contributed by atoms with Gasteiger partial charge < -0.3 is 4.74 Å². The summed E-state index contributed by atoms with van der Waals surface area (Å²) in [5.41, 5.74) is 2.35. The number of aryl methyl sites for hydroxylation is 1. The van der Waals surface area contributed by atoms with Crippen molar-refractivity contribution in [2.75, 3.05) is 7.11 Å². The lowest BCUT2D eigenvalue weighted by molar-refractivity contribution is -0.385. The van der Waals surface area contributed by atoms with Crippen molar-refractivity contribution in [1.29, 1.82) is 0 Å².